The van der Waals surface area contributed by atoms with E-state index in [0.29, 0.717) is 5.69 Å². The highest BCUT2D eigenvalue weighted by atomic mass is 19.1. The number of hydroxylamine groups is 1. The number of nitrogens with one attached hydrogen (secondary N) is 2. The standard InChI is InChI=1S/C9H9FN2O3/c10-6-1-3-7(4-2-6)11-8(13)5-9(14)12-15/h1-4,15H,5H2,(H,11,13)(H,12,14). The van der Waals surface area contributed by atoms with Crippen LogP contribution in [0, 0.1) is 5.82 Å². The van der Waals surface area contributed by atoms with Gasteiger partial charge in [-0.25, -0.2) is 9.87 Å². The van der Waals surface area contributed by atoms with Crippen molar-refractivity contribution < 1.29 is 19.2 Å². The number of amides is 2. The highest BCUT2D eigenvalue weighted by Gasteiger charge is 2.08. The van der Waals surface area contributed by atoms with Crippen LogP contribution in [-0.4, -0.2) is 17.0 Å². The van der Waals surface area contributed by atoms with Gasteiger partial charge in [-0.05, 0) is 24.3 Å². The first-order valence-electron chi connectivity index (χ1n) is 4.10. The Morgan fingerprint density at radius 3 is 2.33 bits per heavy atom. The van der Waals surface area contributed by atoms with Crippen LogP contribution < -0.4 is 10.8 Å². The lowest BCUT2D eigenvalue weighted by molar-refractivity contribution is -0.132. The molecule has 1 aromatic rings. The van der Waals surface area contributed by atoms with Gasteiger partial charge in [0.2, 0.25) is 5.91 Å². The van der Waals surface area contributed by atoms with E-state index in [1.54, 1.807) is 0 Å². The van der Waals surface area contributed by atoms with E-state index >= 15 is 0 Å². The Kier molecular flexibility index (Phi) is 3.75. The lowest BCUT2D eigenvalue weighted by Crippen LogP contribution is -2.25. The van der Waals surface area contributed by atoms with Crippen molar-refractivity contribution >= 4 is 17.5 Å². The molecule has 0 aliphatic rings. The third kappa shape index (κ3) is 3.74. The molecule has 0 spiro atoms. The summed E-state index contributed by atoms with van der Waals surface area (Å²) in [5, 5.41) is 10.5. The predicted molar refractivity (Wildman–Crippen MR) is 49.6 cm³/mol. The van der Waals surface area contributed by atoms with E-state index < -0.39 is 24.1 Å². The molecular formula is C9H9FN2O3. The molecule has 5 nitrogen and oxygen atoms in total. The van der Waals surface area contributed by atoms with Crippen LogP contribution in [0.15, 0.2) is 24.3 Å². The van der Waals surface area contributed by atoms with Crippen molar-refractivity contribution in [2.45, 2.75) is 6.42 Å². The Bertz CT molecular complexity index is 364. The van der Waals surface area contributed by atoms with Gasteiger partial charge in [-0.15, -0.1) is 0 Å². The van der Waals surface area contributed by atoms with Gasteiger partial charge in [0.05, 0.1) is 0 Å². The Labute approximate surface area is 84.9 Å². The summed E-state index contributed by atoms with van der Waals surface area (Å²) in [5.41, 5.74) is 1.71. The maximum Gasteiger partial charge on any atom is 0.252 e. The topological polar surface area (TPSA) is 78.4 Å². The fourth-order valence-corrected chi connectivity index (χ4v) is 0.924. The molecule has 0 heterocycles. The van der Waals surface area contributed by atoms with Crippen LogP contribution in [0.1, 0.15) is 6.42 Å². The van der Waals surface area contributed by atoms with Gasteiger partial charge in [-0.3, -0.25) is 14.8 Å². The zero-order valence-corrected chi connectivity index (χ0v) is 7.66. The Morgan fingerprint density at radius 1 is 1.20 bits per heavy atom. The zero-order valence-electron chi connectivity index (χ0n) is 7.66. The van der Waals surface area contributed by atoms with Crippen LogP contribution in [0.5, 0.6) is 0 Å². The van der Waals surface area contributed by atoms with Crippen molar-refractivity contribution in [2.24, 2.45) is 0 Å². The summed E-state index contributed by atoms with van der Waals surface area (Å²) in [6, 6.07) is 5.09. The summed E-state index contributed by atoms with van der Waals surface area (Å²) in [6.07, 6.45) is -0.492. The second-order valence-corrected chi connectivity index (χ2v) is 2.77. The third-order valence-corrected chi connectivity index (χ3v) is 1.57. The second-order valence-electron chi connectivity index (χ2n) is 2.77. The molecule has 2 amide bonds. The molecule has 0 aromatic heterocycles. The number of hydrogen-bond donors (Lipinski definition) is 3. The SMILES string of the molecule is O=C(CC(=O)Nc1ccc(F)cc1)NO. The first kappa shape index (κ1) is 11.1. The molecule has 0 radical (unpaired) electrons. The predicted octanol–water partition coefficient (Wildman–Crippen LogP) is 0.660. The van der Waals surface area contributed by atoms with E-state index in [9.17, 15) is 14.0 Å². The molecule has 0 aliphatic heterocycles. The molecule has 15 heavy (non-hydrogen) atoms. The van der Waals surface area contributed by atoms with Gasteiger partial charge >= 0.3 is 0 Å². The minimum absolute atomic E-state index is 0.382. The van der Waals surface area contributed by atoms with Gasteiger partial charge in [0.15, 0.2) is 0 Å². The molecule has 0 atom stereocenters. The van der Waals surface area contributed by atoms with Crippen molar-refractivity contribution in [1.29, 1.82) is 0 Å². The monoisotopic (exact) mass is 212 g/mol. The van der Waals surface area contributed by atoms with Crippen LogP contribution in [-0.2, 0) is 9.59 Å². The lowest BCUT2D eigenvalue weighted by atomic mass is 10.3. The first-order valence-corrected chi connectivity index (χ1v) is 4.10. The third-order valence-electron chi connectivity index (χ3n) is 1.57. The molecule has 0 fully saturated rings. The molecule has 0 bridgehead atoms. The van der Waals surface area contributed by atoms with Crippen LogP contribution in [0.2, 0.25) is 0 Å². The summed E-state index contributed by atoms with van der Waals surface area (Å²) >= 11 is 0. The van der Waals surface area contributed by atoms with Crippen LogP contribution in [0.3, 0.4) is 0 Å². The molecule has 1 aromatic carbocycles. The van der Waals surface area contributed by atoms with Gasteiger partial charge in [-0.1, -0.05) is 0 Å². The second kappa shape index (κ2) is 5.06. The maximum atomic E-state index is 12.5. The maximum absolute atomic E-state index is 12.5. The van der Waals surface area contributed by atoms with Gasteiger partial charge in [0.1, 0.15) is 12.2 Å². The largest absolute Gasteiger partial charge is 0.326 e. The van der Waals surface area contributed by atoms with Crippen molar-refractivity contribution in [1.82, 2.24) is 5.48 Å². The highest BCUT2D eigenvalue weighted by Crippen LogP contribution is 2.08. The Hall–Kier alpha value is -1.95. The minimum Gasteiger partial charge on any atom is -0.326 e. The first-order chi connectivity index (χ1) is 7.11. The molecule has 3 N–H and O–H groups in total. The van der Waals surface area contributed by atoms with Gasteiger partial charge < -0.3 is 5.32 Å². The van der Waals surface area contributed by atoms with E-state index in [-0.39, 0.29) is 0 Å². The smallest absolute Gasteiger partial charge is 0.252 e. The number of rotatable bonds is 3. The number of hydrogen-bond acceptors (Lipinski definition) is 3. The van der Waals surface area contributed by atoms with Crippen LogP contribution in [0.25, 0.3) is 0 Å². The van der Waals surface area contributed by atoms with E-state index in [2.05, 4.69) is 5.32 Å². The highest BCUT2D eigenvalue weighted by molar-refractivity contribution is 6.03. The van der Waals surface area contributed by atoms with Gasteiger partial charge in [0.25, 0.3) is 5.91 Å². The van der Waals surface area contributed by atoms with Gasteiger partial charge in [-0.2, -0.15) is 0 Å². The quantitative estimate of drug-likeness (QED) is 0.391. The number of halogens is 1. The van der Waals surface area contributed by atoms with Crippen molar-refractivity contribution in [2.75, 3.05) is 5.32 Å². The van der Waals surface area contributed by atoms with Crippen molar-refractivity contribution in [3.05, 3.63) is 30.1 Å². The van der Waals surface area contributed by atoms with Crippen LogP contribution >= 0.6 is 0 Å². The summed E-state index contributed by atoms with van der Waals surface area (Å²) in [5.74, 6) is -1.82. The molecule has 0 saturated carbocycles. The van der Waals surface area contributed by atoms with E-state index in [1.165, 1.54) is 29.7 Å². The average Bonchev–Trinajstić information content (AvgIpc) is 2.21. The molecule has 6 heteroatoms. The number of carbonyl (C=O) groups excluding carboxylic acids is 2. The Balaban J connectivity index is 2.51. The number of anilines is 1. The lowest BCUT2D eigenvalue weighted by Gasteiger charge is -2.03. The average molecular weight is 212 g/mol. The van der Waals surface area contributed by atoms with E-state index in [4.69, 9.17) is 5.21 Å². The van der Waals surface area contributed by atoms with Gasteiger partial charge in [0, 0.05) is 5.69 Å². The normalized spacial score (nSPS) is 9.47. The fraction of sp³-hybridized carbons (Fsp3) is 0.111. The number of carbonyl (C=O) groups is 2. The zero-order chi connectivity index (χ0) is 11.3. The summed E-state index contributed by atoms with van der Waals surface area (Å²) < 4.78 is 12.5. The van der Waals surface area contributed by atoms with Crippen molar-refractivity contribution in [3.63, 3.8) is 0 Å². The van der Waals surface area contributed by atoms with E-state index in [1.807, 2.05) is 0 Å². The molecule has 80 valence electrons. The molecule has 1 rings (SSSR count). The fourth-order valence-electron chi connectivity index (χ4n) is 0.924. The number of benzene rings is 1. The summed E-state index contributed by atoms with van der Waals surface area (Å²) in [4.78, 5) is 21.7. The molecule has 0 aliphatic carbocycles. The van der Waals surface area contributed by atoms with Crippen molar-refractivity contribution in [3.8, 4) is 0 Å². The summed E-state index contributed by atoms with van der Waals surface area (Å²) in [7, 11) is 0. The molecule has 0 saturated heterocycles. The summed E-state index contributed by atoms with van der Waals surface area (Å²) in [6.45, 7) is 0. The molecular weight excluding hydrogens is 203 g/mol. The van der Waals surface area contributed by atoms with Crippen LogP contribution in [0.4, 0.5) is 10.1 Å². The van der Waals surface area contributed by atoms with E-state index in [0.717, 1.165) is 0 Å². The molecule has 0 unspecified atom stereocenters. The minimum atomic E-state index is -0.811. The Morgan fingerprint density at radius 2 is 1.80 bits per heavy atom.